The molecular formula is C13H17BrN4. The number of nitrogens with zero attached hydrogens (tertiary/aromatic N) is 3. The molecule has 0 unspecified atom stereocenters. The van der Waals surface area contributed by atoms with Gasteiger partial charge in [-0.25, -0.2) is 9.67 Å². The molecule has 1 aromatic heterocycles. The van der Waals surface area contributed by atoms with E-state index in [1.165, 1.54) is 5.56 Å². The number of aryl methyl sites for hydroxylation is 2. The van der Waals surface area contributed by atoms with E-state index in [1.54, 1.807) is 6.33 Å². The van der Waals surface area contributed by atoms with Crippen LogP contribution in [0.25, 0.3) is 0 Å². The summed E-state index contributed by atoms with van der Waals surface area (Å²) in [6.07, 6.45) is 2.67. The van der Waals surface area contributed by atoms with Crippen LogP contribution in [0.3, 0.4) is 0 Å². The molecule has 0 aliphatic heterocycles. The van der Waals surface area contributed by atoms with Crippen LogP contribution in [-0.4, -0.2) is 14.8 Å². The van der Waals surface area contributed by atoms with E-state index in [1.807, 2.05) is 4.68 Å². The van der Waals surface area contributed by atoms with Crippen LogP contribution in [-0.2, 0) is 13.1 Å². The number of benzene rings is 1. The van der Waals surface area contributed by atoms with Gasteiger partial charge in [0.25, 0.3) is 0 Å². The van der Waals surface area contributed by atoms with Crippen LogP contribution >= 0.6 is 15.9 Å². The third kappa shape index (κ3) is 3.10. The molecule has 1 heterocycles. The van der Waals surface area contributed by atoms with Crippen molar-refractivity contribution in [3.8, 4) is 0 Å². The first-order valence-corrected chi connectivity index (χ1v) is 6.86. The number of hydrogen-bond donors (Lipinski definition) is 1. The summed E-state index contributed by atoms with van der Waals surface area (Å²) in [5.41, 5.74) is 2.32. The van der Waals surface area contributed by atoms with E-state index in [0.717, 1.165) is 29.0 Å². The molecule has 5 heteroatoms. The zero-order chi connectivity index (χ0) is 13.0. The SMILES string of the molecule is CCCn1ncnc1CNc1cc(C)ccc1Br. The molecule has 0 radical (unpaired) electrons. The minimum atomic E-state index is 0.683. The van der Waals surface area contributed by atoms with Crippen molar-refractivity contribution in [2.45, 2.75) is 33.4 Å². The lowest BCUT2D eigenvalue weighted by Crippen LogP contribution is -2.10. The Bertz CT molecular complexity index is 521. The molecule has 0 fully saturated rings. The minimum Gasteiger partial charge on any atom is -0.377 e. The van der Waals surface area contributed by atoms with E-state index in [0.29, 0.717) is 6.54 Å². The molecule has 2 rings (SSSR count). The van der Waals surface area contributed by atoms with Gasteiger partial charge in [0.15, 0.2) is 0 Å². The number of hydrogen-bond acceptors (Lipinski definition) is 3. The summed E-state index contributed by atoms with van der Waals surface area (Å²) >= 11 is 3.54. The summed E-state index contributed by atoms with van der Waals surface area (Å²) in [6.45, 7) is 5.81. The smallest absolute Gasteiger partial charge is 0.146 e. The van der Waals surface area contributed by atoms with Gasteiger partial charge in [0.05, 0.1) is 6.54 Å². The van der Waals surface area contributed by atoms with Crippen molar-refractivity contribution in [2.75, 3.05) is 5.32 Å². The molecule has 18 heavy (non-hydrogen) atoms. The van der Waals surface area contributed by atoms with E-state index in [2.05, 4.69) is 63.4 Å². The molecule has 4 nitrogen and oxygen atoms in total. The molecule has 0 spiro atoms. The highest BCUT2D eigenvalue weighted by Crippen LogP contribution is 2.23. The second kappa shape index (κ2) is 6.00. The standard InChI is InChI=1S/C13H17BrN4/c1-3-6-18-13(16-9-17-18)8-15-12-7-10(2)4-5-11(12)14/h4-5,7,9,15H,3,6,8H2,1-2H3. The van der Waals surface area contributed by atoms with Crippen molar-refractivity contribution in [1.82, 2.24) is 14.8 Å². The number of nitrogens with one attached hydrogen (secondary N) is 1. The Hall–Kier alpha value is -1.36. The topological polar surface area (TPSA) is 42.7 Å². The lowest BCUT2D eigenvalue weighted by atomic mass is 10.2. The highest BCUT2D eigenvalue weighted by molar-refractivity contribution is 9.10. The molecule has 0 saturated heterocycles. The number of rotatable bonds is 5. The van der Waals surface area contributed by atoms with Crippen LogP contribution in [0.1, 0.15) is 24.7 Å². The summed E-state index contributed by atoms with van der Waals surface area (Å²) in [4.78, 5) is 4.28. The van der Waals surface area contributed by atoms with Gasteiger partial charge in [-0.3, -0.25) is 0 Å². The van der Waals surface area contributed by atoms with E-state index >= 15 is 0 Å². The highest BCUT2D eigenvalue weighted by atomic mass is 79.9. The van der Waals surface area contributed by atoms with Gasteiger partial charge in [-0.1, -0.05) is 13.0 Å². The average Bonchev–Trinajstić information content (AvgIpc) is 2.78. The van der Waals surface area contributed by atoms with E-state index < -0.39 is 0 Å². The molecule has 0 amide bonds. The molecule has 0 bridgehead atoms. The molecule has 96 valence electrons. The zero-order valence-electron chi connectivity index (χ0n) is 10.7. The van der Waals surface area contributed by atoms with Gasteiger partial charge < -0.3 is 5.32 Å². The van der Waals surface area contributed by atoms with Gasteiger partial charge in [-0.15, -0.1) is 0 Å². The second-order valence-corrected chi connectivity index (χ2v) is 5.09. The maximum absolute atomic E-state index is 4.28. The van der Waals surface area contributed by atoms with Gasteiger partial charge in [-0.2, -0.15) is 5.10 Å². The fraction of sp³-hybridized carbons (Fsp3) is 0.385. The summed E-state index contributed by atoms with van der Waals surface area (Å²) in [7, 11) is 0. The summed E-state index contributed by atoms with van der Waals surface area (Å²) in [5.74, 6) is 0.963. The molecule has 0 atom stereocenters. The largest absolute Gasteiger partial charge is 0.377 e. The first kappa shape index (κ1) is 13.1. The van der Waals surface area contributed by atoms with Crippen molar-refractivity contribution in [3.63, 3.8) is 0 Å². The fourth-order valence-electron chi connectivity index (χ4n) is 1.77. The Morgan fingerprint density at radius 2 is 2.22 bits per heavy atom. The molecule has 0 aliphatic rings. The molecule has 1 N–H and O–H groups in total. The van der Waals surface area contributed by atoms with Gasteiger partial charge in [0.1, 0.15) is 12.2 Å². The van der Waals surface area contributed by atoms with Crippen LogP contribution in [0, 0.1) is 6.92 Å². The minimum absolute atomic E-state index is 0.683. The zero-order valence-corrected chi connectivity index (χ0v) is 12.2. The van der Waals surface area contributed by atoms with Crippen LogP contribution in [0.2, 0.25) is 0 Å². The lowest BCUT2D eigenvalue weighted by molar-refractivity contribution is 0.574. The van der Waals surface area contributed by atoms with Crippen LogP contribution in [0.5, 0.6) is 0 Å². The first-order chi connectivity index (χ1) is 8.70. The number of aromatic nitrogens is 3. The Labute approximate surface area is 116 Å². The van der Waals surface area contributed by atoms with E-state index in [9.17, 15) is 0 Å². The molecule has 1 aromatic carbocycles. The van der Waals surface area contributed by atoms with Gasteiger partial charge in [0, 0.05) is 16.7 Å². The summed E-state index contributed by atoms with van der Waals surface area (Å²) < 4.78 is 3.01. The van der Waals surface area contributed by atoms with Gasteiger partial charge >= 0.3 is 0 Å². The quantitative estimate of drug-likeness (QED) is 0.921. The van der Waals surface area contributed by atoms with Gasteiger partial charge in [-0.05, 0) is 47.0 Å². The third-order valence-electron chi connectivity index (χ3n) is 2.69. The Balaban J connectivity index is 2.06. The molecule has 0 saturated carbocycles. The van der Waals surface area contributed by atoms with Crippen molar-refractivity contribution in [2.24, 2.45) is 0 Å². The third-order valence-corrected chi connectivity index (χ3v) is 3.38. The van der Waals surface area contributed by atoms with Crippen LogP contribution in [0.15, 0.2) is 29.0 Å². The molecular weight excluding hydrogens is 292 g/mol. The second-order valence-electron chi connectivity index (χ2n) is 4.24. The lowest BCUT2D eigenvalue weighted by Gasteiger charge is -2.10. The van der Waals surface area contributed by atoms with Crippen molar-refractivity contribution in [3.05, 3.63) is 40.4 Å². The predicted octanol–water partition coefficient (Wildman–Crippen LogP) is 3.37. The van der Waals surface area contributed by atoms with Crippen molar-refractivity contribution in [1.29, 1.82) is 0 Å². The van der Waals surface area contributed by atoms with E-state index in [4.69, 9.17) is 0 Å². The van der Waals surface area contributed by atoms with Gasteiger partial charge in [0.2, 0.25) is 0 Å². The predicted molar refractivity (Wildman–Crippen MR) is 76.5 cm³/mol. The van der Waals surface area contributed by atoms with E-state index in [-0.39, 0.29) is 0 Å². The molecule has 0 aliphatic carbocycles. The summed E-state index contributed by atoms with van der Waals surface area (Å²) in [6, 6.07) is 6.24. The number of anilines is 1. The van der Waals surface area contributed by atoms with Crippen molar-refractivity contribution >= 4 is 21.6 Å². The van der Waals surface area contributed by atoms with Crippen LogP contribution in [0.4, 0.5) is 5.69 Å². The monoisotopic (exact) mass is 308 g/mol. The van der Waals surface area contributed by atoms with Crippen LogP contribution < -0.4 is 5.32 Å². The van der Waals surface area contributed by atoms with Crippen molar-refractivity contribution < 1.29 is 0 Å². The average molecular weight is 309 g/mol. The summed E-state index contributed by atoms with van der Waals surface area (Å²) in [5, 5.41) is 7.60. The Kier molecular flexibility index (Phi) is 4.36. The Morgan fingerprint density at radius 3 is 3.00 bits per heavy atom. The Morgan fingerprint density at radius 1 is 1.39 bits per heavy atom. The normalized spacial score (nSPS) is 10.6. The highest BCUT2D eigenvalue weighted by Gasteiger charge is 2.05. The maximum atomic E-state index is 4.28. The maximum Gasteiger partial charge on any atom is 0.146 e. The molecule has 2 aromatic rings. The first-order valence-electron chi connectivity index (χ1n) is 6.07. The fourth-order valence-corrected chi connectivity index (χ4v) is 2.16. The number of halogens is 1.